The number of hydrogen-bond acceptors (Lipinski definition) is 3. The molecular formula is C16H10F3N3O2. The van der Waals surface area contributed by atoms with E-state index >= 15 is 0 Å². The monoisotopic (exact) mass is 333 g/mol. The van der Waals surface area contributed by atoms with Gasteiger partial charge in [0.2, 0.25) is 0 Å². The first-order valence-corrected chi connectivity index (χ1v) is 6.82. The van der Waals surface area contributed by atoms with E-state index in [9.17, 15) is 23.3 Å². The molecule has 1 N–H and O–H groups in total. The van der Waals surface area contributed by atoms with Gasteiger partial charge in [0.25, 0.3) is 5.69 Å². The number of nitro benzene ring substituents is 1. The third kappa shape index (κ3) is 3.12. The lowest BCUT2D eigenvalue weighted by molar-refractivity contribution is -0.384. The number of benzene rings is 2. The number of hydrogen-bond donors (Lipinski definition) is 1. The van der Waals surface area contributed by atoms with Crippen LogP contribution in [0.25, 0.3) is 22.6 Å². The van der Waals surface area contributed by atoms with Crippen molar-refractivity contribution in [2.24, 2.45) is 0 Å². The Kier molecular flexibility index (Phi) is 3.80. The van der Waals surface area contributed by atoms with Crippen LogP contribution in [0.4, 0.5) is 18.9 Å². The van der Waals surface area contributed by atoms with Crippen molar-refractivity contribution in [2.75, 3.05) is 0 Å². The molecule has 1 heterocycles. The minimum atomic E-state index is -4.43. The van der Waals surface area contributed by atoms with Crippen LogP contribution in [0, 0.1) is 10.1 Å². The van der Waals surface area contributed by atoms with Crippen molar-refractivity contribution in [3.8, 4) is 22.6 Å². The number of H-pyrrole nitrogens is 1. The third-order valence-electron chi connectivity index (χ3n) is 3.41. The van der Waals surface area contributed by atoms with Gasteiger partial charge in [-0.15, -0.1) is 0 Å². The Morgan fingerprint density at radius 3 is 2.46 bits per heavy atom. The van der Waals surface area contributed by atoms with Crippen LogP contribution in [-0.2, 0) is 6.18 Å². The average molecular weight is 333 g/mol. The highest BCUT2D eigenvalue weighted by molar-refractivity contribution is 5.66. The Balaban J connectivity index is 1.97. The molecule has 3 aromatic rings. The second kappa shape index (κ2) is 5.80. The first-order chi connectivity index (χ1) is 11.3. The molecule has 0 bridgehead atoms. The fraction of sp³-hybridized carbons (Fsp3) is 0.0625. The maximum Gasteiger partial charge on any atom is 0.416 e. The molecule has 0 spiro atoms. The summed E-state index contributed by atoms with van der Waals surface area (Å²) >= 11 is 0. The number of non-ortho nitro benzene ring substituents is 1. The summed E-state index contributed by atoms with van der Waals surface area (Å²) in [5.74, 6) is 0.339. The summed E-state index contributed by atoms with van der Waals surface area (Å²) in [6.07, 6.45) is -3.04. The van der Waals surface area contributed by atoms with Gasteiger partial charge < -0.3 is 4.98 Å². The number of imidazole rings is 1. The molecule has 122 valence electrons. The van der Waals surface area contributed by atoms with Gasteiger partial charge in [-0.3, -0.25) is 10.1 Å². The number of nitrogens with one attached hydrogen (secondary N) is 1. The molecule has 0 fully saturated rings. The number of rotatable bonds is 3. The smallest absolute Gasteiger partial charge is 0.338 e. The van der Waals surface area contributed by atoms with Crippen molar-refractivity contribution in [3.63, 3.8) is 0 Å². The van der Waals surface area contributed by atoms with Gasteiger partial charge in [-0.05, 0) is 12.1 Å². The minimum absolute atomic E-state index is 0.0930. The highest BCUT2D eigenvalue weighted by Crippen LogP contribution is 2.32. The van der Waals surface area contributed by atoms with Gasteiger partial charge in [-0.25, -0.2) is 4.98 Å². The highest BCUT2D eigenvalue weighted by atomic mass is 19.4. The zero-order valence-corrected chi connectivity index (χ0v) is 12.0. The quantitative estimate of drug-likeness (QED) is 0.559. The van der Waals surface area contributed by atoms with E-state index in [1.165, 1.54) is 36.5 Å². The molecule has 2 aromatic carbocycles. The van der Waals surface area contributed by atoms with Gasteiger partial charge in [0.1, 0.15) is 5.82 Å². The van der Waals surface area contributed by atoms with E-state index < -0.39 is 16.7 Å². The molecule has 0 aliphatic rings. The zero-order valence-electron chi connectivity index (χ0n) is 12.0. The maximum absolute atomic E-state index is 12.8. The number of aromatic amines is 1. The van der Waals surface area contributed by atoms with E-state index in [0.29, 0.717) is 22.6 Å². The summed E-state index contributed by atoms with van der Waals surface area (Å²) in [6.45, 7) is 0. The minimum Gasteiger partial charge on any atom is -0.338 e. The molecule has 5 nitrogen and oxygen atoms in total. The predicted octanol–water partition coefficient (Wildman–Crippen LogP) is 4.67. The summed E-state index contributed by atoms with van der Waals surface area (Å²) in [6, 6.07) is 10.7. The van der Waals surface area contributed by atoms with Gasteiger partial charge in [0.05, 0.1) is 22.4 Å². The summed E-state index contributed by atoms with van der Waals surface area (Å²) in [4.78, 5) is 17.3. The van der Waals surface area contributed by atoms with Crippen LogP contribution in [0.3, 0.4) is 0 Å². The number of nitro groups is 1. The van der Waals surface area contributed by atoms with Gasteiger partial charge in [0, 0.05) is 23.3 Å². The lowest BCUT2D eigenvalue weighted by Crippen LogP contribution is -2.04. The molecule has 3 rings (SSSR count). The summed E-state index contributed by atoms with van der Waals surface area (Å²) in [5.41, 5.74) is 0.343. The van der Waals surface area contributed by atoms with Crippen LogP contribution in [0.5, 0.6) is 0 Å². The van der Waals surface area contributed by atoms with Crippen molar-refractivity contribution in [1.29, 1.82) is 0 Å². The van der Waals surface area contributed by atoms with Crippen LogP contribution in [0.1, 0.15) is 5.56 Å². The predicted molar refractivity (Wildman–Crippen MR) is 81.1 cm³/mol. The average Bonchev–Trinajstić information content (AvgIpc) is 3.04. The Hall–Kier alpha value is -3.16. The Morgan fingerprint density at radius 2 is 1.75 bits per heavy atom. The topological polar surface area (TPSA) is 71.8 Å². The lowest BCUT2D eigenvalue weighted by atomic mass is 10.1. The van der Waals surface area contributed by atoms with Crippen molar-refractivity contribution in [1.82, 2.24) is 9.97 Å². The van der Waals surface area contributed by atoms with E-state index in [2.05, 4.69) is 9.97 Å². The van der Waals surface area contributed by atoms with Crippen LogP contribution >= 0.6 is 0 Å². The molecule has 0 saturated heterocycles. The van der Waals surface area contributed by atoms with Gasteiger partial charge >= 0.3 is 6.18 Å². The van der Waals surface area contributed by atoms with E-state index in [1.807, 2.05) is 0 Å². The molecular weight excluding hydrogens is 323 g/mol. The Bertz CT molecular complexity index is 903. The standard InChI is InChI=1S/C16H10F3N3O2/c17-16(18,19)12-5-1-3-10(7-12)14-9-20-15(21-14)11-4-2-6-13(8-11)22(23)24/h1-9H,(H,20,21). The largest absolute Gasteiger partial charge is 0.416 e. The molecule has 0 aliphatic carbocycles. The summed E-state index contributed by atoms with van der Waals surface area (Å²) in [7, 11) is 0. The van der Waals surface area contributed by atoms with Crippen LogP contribution in [-0.4, -0.2) is 14.9 Å². The lowest BCUT2D eigenvalue weighted by Gasteiger charge is -2.07. The molecule has 0 unspecified atom stereocenters. The number of nitrogens with zero attached hydrogens (tertiary/aromatic N) is 2. The Labute approximate surface area is 133 Å². The molecule has 0 atom stereocenters. The Morgan fingerprint density at radius 1 is 1.04 bits per heavy atom. The normalized spacial score (nSPS) is 11.5. The molecule has 0 saturated carbocycles. The highest BCUT2D eigenvalue weighted by Gasteiger charge is 2.30. The van der Waals surface area contributed by atoms with E-state index in [0.717, 1.165) is 12.1 Å². The van der Waals surface area contributed by atoms with E-state index in [4.69, 9.17) is 0 Å². The van der Waals surface area contributed by atoms with Crippen LogP contribution in [0.2, 0.25) is 0 Å². The molecule has 8 heteroatoms. The molecule has 0 amide bonds. The number of aromatic nitrogens is 2. The fourth-order valence-corrected chi connectivity index (χ4v) is 2.24. The van der Waals surface area contributed by atoms with Crippen molar-refractivity contribution >= 4 is 5.69 Å². The summed E-state index contributed by atoms with van der Waals surface area (Å²) in [5, 5.41) is 10.8. The second-order valence-corrected chi connectivity index (χ2v) is 5.03. The van der Waals surface area contributed by atoms with E-state index in [-0.39, 0.29) is 5.69 Å². The van der Waals surface area contributed by atoms with Crippen LogP contribution < -0.4 is 0 Å². The van der Waals surface area contributed by atoms with Crippen molar-refractivity contribution in [2.45, 2.75) is 6.18 Å². The number of alkyl halides is 3. The van der Waals surface area contributed by atoms with Gasteiger partial charge in [-0.2, -0.15) is 13.2 Å². The molecule has 0 aliphatic heterocycles. The first-order valence-electron chi connectivity index (χ1n) is 6.82. The van der Waals surface area contributed by atoms with Crippen molar-refractivity contribution < 1.29 is 18.1 Å². The SMILES string of the molecule is O=[N+]([O-])c1cccc(-c2ncc(-c3cccc(C(F)(F)F)c3)[nH]2)c1. The third-order valence-corrected chi connectivity index (χ3v) is 3.41. The molecule has 24 heavy (non-hydrogen) atoms. The van der Waals surface area contributed by atoms with Gasteiger partial charge in [0.15, 0.2) is 0 Å². The summed E-state index contributed by atoms with van der Waals surface area (Å²) < 4.78 is 38.4. The fourth-order valence-electron chi connectivity index (χ4n) is 2.24. The number of halogens is 3. The maximum atomic E-state index is 12.8. The second-order valence-electron chi connectivity index (χ2n) is 5.03. The molecule has 0 radical (unpaired) electrons. The van der Waals surface area contributed by atoms with Crippen molar-refractivity contribution in [3.05, 3.63) is 70.4 Å². The zero-order chi connectivity index (χ0) is 17.3. The first kappa shape index (κ1) is 15.7. The van der Waals surface area contributed by atoms with Gasteiger partial charge in [-0.1, -0.05) is 24.3 Å². The molecule has 1 aromatic heterocycles. The van der Waals surface area contributed by atoms with Crippen LogP contribution in [0.15, 0.2) is 54.7 Å². The van der Waals surface area contributed by atoms with E-state index in [1.54, 1.807) is 6.07 Å².